The van der Waals surface area contributed by atoms with Crippen molar-refractivity contribution in [1.82, 2.24) is 0 Å². The van der Waals surface area contributed by atoms with Gasteiger partial charge in [0.25, 0.3) is 0 Å². The van der Waals surface area contributed by atoms with Crippen LogP contribution in [0, 0.1) is 22.7 Å². The summed E-state index contributed by atoms with van der Waals surface area (Å²) in [6.07, 6.45) is 29.9. The molecule has 0 aliphatic heterocycles. The van der Waals surface area contributed by atoms with Gasteiger partial charge in [-0.2, -0.15) is 0 Å². The molecule has 0 nitrogen and oxygen atoms in total. The van der Waals surface area contributed by atoms with Crippen LogP contribution in [0.5, 0.6) is 0 Å². The Bertz CT molecular complexity index is 478. The van der Waals surface area contributed by atoms with Crippen molar-refractivity contribution in [3.05, 3.63) is 24.8 Å². The summed E-state index contributed by atoms with van der Waals surface area (Å²) in [5, 5.41) is 0. The van der Waals surface area contributed by atoms with Crippen molar-refractivity contribution in [3.63, 3.8) is 0 Å². The molecule has 0 heteroatoms. The SMILES string of the molecule is C=CCCC1CCC(C2CCCCC2)(C2(CCC(=C)CC)CCCCC2)CC1. The molecule has 0 bridgehead atoms. The highest BCUT2D eigenvalue weighted by molar-refractivity contribution is 5.07. The first kappa shape index (κ1) is 22.2. The van der Waals surface area contributed by atoms with Gasteiger partial charge in [-0.1, -0.05) is 63.7 Å². The van der Waals surface area contributed by atoms with Gasteiger partial charge in [0.15, 0.2) is 0 Å². The molecule has 0 spiro atoms. The lowest BCUT2D eigenvalue weighted by Crippen LogP contribution is -2.51. The molecule has 0 aromatic rings. The van der Waals surface area contributed by atoms with E-state index in [-0.39, 0.29) is 0 Å². The lowest BCUT2D eigenvalue weighted by atomic mass is 9.44. The zero-order valence-electron chi connectivity index (χ0n) is 19.1. The van der Waals surface area contributed by atoms with E-state index < -0.39 is 0 Å². The molecule has 3 aliphatic carbocycles. The number of allylic oxidation sites excluding steroid dienone is 2. The monoisotopic (exact) mass is 384 g/mol. The molecule has 3 aliphatic rings. The Hall–Kier alpha value is -0.520. The van der Waals surface area contributed by atoms with Crippen LogP contribution in [0.3, 0.4) is 0 Å². The van der Waals surface area contributed by atoms with Crippen LogP contribution in [0.25, 0.3) is 0 Å². The molecule has 3 fully saturated rings. The van der Waals surface area contributed by atoms with Gasteiger partial charge in [-0.15, -0.1) is 6.58 Å². The van der Waals surface area contributed by atoms with Crippen LogP contribution >= 0.6 is 0 Å². The van der Waals surface area contributed by atoms with Crippen molar-refractivity contribution in [1.29, 1.82) is 0 Å². The van der Waals surface area contributed by atoms with E-state index in [9.17, 15) is 0 Å². The Balaban J connectivity index is 1.84. The third kappa shape index (κ3) is 4.79. The third-order valence-corrected chi connectivity index (χ3v) is 9.49. The molecule has 0 amide bonds. The smallest absolute Gasteiger partial charge is 0.0212 e. The molecule has 0 aromatic carbocycles. The van der Waals surface area contributed by atoms with Gasteiger partial charge < -0.3 is 0 Å². The molecule has 3 saturated carbocycles. The van der Waals surface area contributed by atoms with Gasteiger partial charge in [-0.3, -0.25) is 0 Å². The molecule has 0 aromatic heterocycles. The summed E-state index contributed by atoms with van der Waals surface area (Å²) in [7, 11) is 0. The maximum atomic E-state index is 4.41. The van der Waals surface area contributed by atoms with Crippen LogP contribution < -0.4 is 0 Å². The third-order valence-electron chi connectivity index (χ3n) is 9.49. The minimum Gasteiger partial charge on any atom is -0.103 e. The summed E-state index contributed by atoms with van der Waals surface area (Å²) in [6, 6.07) is 0. The highest BCUT2D eigenvalue weighted by Crippen LogP contribution is 2.65. The van der Waals surface area contributed by atoms with E-state index in [1.807, 2.05) is 0 Å². The normalized spacial score (nSPS) is 31.4. The predicted molar refractivity (Wildman–Crippen MR) is 125 cm³/mol. The van der Waals surface area contributed by atoms with Crippen LogP contribution in [0.4, 0.5) is 0 Å². The van der Waals surface area contributed by atoms with Crippen molar-refractivity contribution in [3.8, 4) is 0 Å². The van der Waals surface area contributed by atoms with Gasteiger partial charge in [-0.25, -0.2) is 0 Å². The average molecular weight is 385 g/mol. The fraction of sp³-hybridized carbons (Fsp3) is 0.857. The second-order valence-corrected chi connectivity index (χ2v) is 10.7. The van der Waals surface area contributed by atoms with Crippen molar-refractivity contribution in [2.45, 2.75) is 129 Å². The Kier molecular flexibility index (Phi) is 8.31. The Morgan fingerprint density at radius 1 is 0.893 bits per heavy atom. The molecular weight excluding hydrogens is 336 g/mol. The maximum Gasteiger partial charge on any atom is -0.0212 e. The van der Waals surface area contributed by atoms with Gasteiger partial charge in [-0.05, 0) is 106 Å². The predicted octanol–water partition coefficient (Wildman–Crippen LogP) is 9.41. The Morgan fingerprint density at radius 2 is 1.54 bits per heavy atom. The first-order valence-corrected chi connectivity index (χ1v) is 12.9. The summed E-state index contributed by atoms with van der Waals surface area (Å²) in [5.74, 6) is 2.00. The topological polar surface area (TPSA) is 0 Å². The van der Waals surface area contributed by atoms with E-state index in [1.54, 1.807) is 0 Å². The molecule has 0 unspecified atom stereocenters. The molecule has 0 heterocycles. The lowest BCUT2D eigenvalue weighted by Gasteiger charge is -2.60. The lowest BCUT2D eigenvalue weighted by molar-refractivity contribution is -0.104. The summed E-state index contributed by atoms with van der Waals surface area (Å²) in [6.45, 7) is 10.7. The zero-order valence-corrected chi connectivity index (χ0v) is 19.1. The molecule has 0 N–H and O–H groups in total. The van der Waals surface area contributed by atoms with Crippen molar-refractivity contribution in [2.75, 3.05) is 0 Å². The van der Waals surface area contributed by atoms with E-state index in [1.165, 1.54) is 128 Å². The van der Waals surface area contributed by atoms with Crippen LogP contribution in [0.2, 0.25) is 0 Å². The average Bonchev–Trinajstić information content (AvgIpc) is 2.77. The minimum atomic E-state index is 0.634. The summed E-state index contributed by atoms with van der Waals surface area (Å²) >= 11 is 0. The molecular formula is C28H48. The fourth-order valence-electron chi connectivity index (χ4n) is 7.68. The quantitative estimate of drug-likeness (QED) is 0.347. The van der Waals surface area contributed by atoms with Gasteiger partial charge in [0.05, 0.1) is 0 Å². The number of rotatable bonds is 9. The van der Waals surface area contributed by atoms with Crippen molar-refractivity contribution >= 4 is 0 Å². The molecule has 28 heavy (non-hydrogen) atoms. The maximum absolute atomic E-state index is 4.41. The second kappa shape index (κ2) is 10.5. The van der Waals surface area contributed by atoms with E-state index in [0.29, 0.717) is 10.8 Å². The highest BCUT2D eigenvalue weighted by Gasteiger charge is 2.55. The van der Waals surface area contributed by atoms with Crippen molar-refractivity contribution < 1.29 is 0 Å². The largest absolute Gasteiger partial charge is 0.103 e. The molecule has 0 saturated heterocycles. The zero-order chi connectivity index (χ0) is 19.9. The standard InChI is InChI=1S/C28H48/c1-4-6-13-25-17-22-28(23-18-25,26-14-9-7-10-15-26)27(19-11-8-12-20-27)21-16-24(3)5-2/h4,25-26H,1,3,5-23H2,2H3. The Morgan fingerprint density at radius 3 is 2.14 bits per heavy atom. The second-order valence-electron chi connectivity index (χ2n) is 10.7. The summed E-state index contributed by atoms with van der Waals surface area (Å²) in [4.78, 5) is 0. The van der Waals surface area contributed by atoms with E-state index in [0.717, 1.165) is 11.8 Å². The molecule has 3 rings (SSSR count). The van der Waals surface area contributed by atoms with Gasteiger partial charge in [0.1, 0.15) is 0 Å². The number of hydrogen-bond acceptors (Lipinski definition) is 0. The van der Waals surface area contributed by atoms with Gasteiger partial charge in [0, 0.05) is 0 Å². The molecule has 0 atom stereocenters. The van der Waals surface area contributed by atoms with Crippen LogP contribution in [0.15, 0.2) is 24.8 Å². The molecule has 0 radical (unpaired) electrons. The highest BCUT2D eigenvalue weighted by atomic mass is 14.6. The van der Waals surface area contributed by atoms with E-state index in [4.69, 9.17) is 0 Å². The first-order valence-electron chi connectivity index (χ1n) is 12.9. The Labute approximate surface area is 176 Å². The van der Waals surface area contributed by atoms with Gasteiger partial charge >= 0.3 is 0 Å². The van der Waals surface area contributed by atoms with Crippen molar-refractivity contribution in [2.24, 2.45) is 22.7 Å². The van der Waals surface area contributed by atoms with Crippen LogP contribution in [-0.4, -0.2) is 0 Å². The van der Waals surface area contributed by atoms with Crippen LogP contribution in [-0.2, 0) is 0 Å². The van der Waals surface area contributed by atoms with E-state index in [2.05, 4.69) is 26.2 Å². The van der Waals surface area contributed by atoms with E-state index >= 15 is 0 Å². The van der Waals surface area contributed by atoms with Gasteiger partial charge in [0.2, 0.25) is 0 Å². The van der Waals surface area contributed by atoms with Crippen LogP contribution in [0.1, 0.15) is 129 Å². The summed E-state index contributed by atoms with van der Waals surface area (Å²) < 4.78 is 0. The summed E-state index contributed by atoms with van der Waals surface area (Å²) in [5.41, 5.74) is 2.80. The minimum absolute atomic E-state index is 0.634. The molecule has 160 valence electrons. The number of hydrogen-bond donors (Lipinski definition) is 0. The first-order chi connectivity index (χ1) is 13.7. The fourth-order valence-corrected chi connectivity index (χ4v) is 7.68.